The molecule has 1 saturated carbocycles. The molecule has 0 aromatic heterocycles. The molecule has 1 saturated heterocycles. The van der Waals surface area contributed by atoms with Crippen LogP contribution in [-0.2, 0) is 4.74 Å². The Labute approximate surface area is 127 Å². The molecular formula is C17H25N3O. The van der Waals surface area contributed by atoms with Gasteiger partial charge in [0, 0.05) is 45.1 Å². The maximum Gasteiger partial charge on any atom is 0.193 e. The van der Waals surface area contributed by atoms with E-state index in [4.69, 9.17) is 4.74 Å². The van der Waals surface area contributed by atoms with Gasteiger partial charge in [-0.3, -0.25) is 4.99 Å². The molecule has 0 radical (unpaired) electrons. The molecule has 1 aromatic rings. The lowest BCUT2D eigenvalue weighted by atomic mass is 10.1. The van der Waals surface area contributed by atoms with E-state index >= 15 is 0 Å². The molecular weight excluding hydrogens is 262 g/mol. The van der Waals surface area contributed by atoms with Crippen molar-refractivity contribution in [1.82, 2.24) is 10.2 Å². The summed E-state index contributed by atoms with van der Waals surface area (Å²) in [7, 11) is 3.98. The highest BCUT2D eigenvalue weighted by Gasteiger charge is 2.39. The number of hydrogen-bond donors (Lipinski definition) is 1. The molecule has 3 atom stereocenters. The minimum Gasteiger partial charge on any atom is -0.381 e. The topological polar surface area (TPSA) is 36.9 Å². The second-order valence-electron chi connectivity index (χ2n) is 6.16. The van der Waals surface area contributed by atoms with E-state index in [1.54, 1.807) is 0 Å². The minimum absolute atomic E-state index is 0.522. The van der Waals surface area contributed by atoms with E-state index in [-0.39, 0.29) is 0 Å². The molecule has 3 unspecified atom stereocenters. The zero-order chi connectivity index (χ0) is 14.7. The Morgan fingerprint density at radius 3 is 2.86 bits per heavy atom. The van der Waals surface area contributed by atoms with Crippen LogP contribution in [0.2, 0.25) is 0 Å². The van der Waals surface area contributed by atoms with Crippen LogP contribution in [-0.4, -0.2) is 50.8 Å². The predicted octanol–water partition coefficient (Wildman–Crippen LogP) is 2.09. The Hall–Kier alpha value is -1.55. The highest BCUT2D eigenvalue weighted by Crippen LogP contribution is 2.40. The normalized spacial score (nSPS) is 28.5. The summed E-state index contributed by atoms with van der Waals surface area (Å²) in [6, 6.07) is 11.3. The number of nitrogens with one attached hydrogen (secondary N) is 1. The van der Waals surface area contributed by atoms with E-state index in [0.29, 0.717) is 17.9 Å². The molecule has 0 spiro atoms. The fourth-order valence-electron chi connectivity index (χ4n) is 3.14. The highest BCUT2D eigenvalue weighted by atomic mass is 16.5. The number of ether oxygens (including phenoxy) is 1. The first-order valence-corrected chi connectivity index (χ1v) is 7.85. The van der Waals surface area contributed by atoms with Crippen LogP contribution in [0, 0.1) is 5.92 Å². The van der Waals surface area contributed by atoms with Crippen LogP contribution in [0.1, 0.15) is 24.3 Å². The van der Waals surface area contributed by atoms with Crippen LogP contribution in [0.3, 0.4) is 0 Å². The molecule has 1 heterocycles. The SMILES string of the molecule is CN=C(NC1CC1c1ccccc1)N(C)CC1CCOC1. The van der Waals surface area contributed by atoms with Gasteiger partial charge in [0.05, 0.1) is 6.61 Å². The maximum absolute atomic E-state index is 5.45. The average Bonchev–Trinajstić information content (AvgIpc) is 3.11. The first-order chi connectivity index (χ1) is 10.3. The summed E-state index contributed by atoms with van der Waals surface area (Å²) in [6.45, 7) is 2.81. The summed E-state index contributed by atoms with van der Waals surface area (Å²) in [5, 5.41) is 3.60. The standard InChI is InChI=1S/C17H25N3O/c1-18-17(20(2)11-13-8-9-21-12-13)19-16-10-15(16)14-6-4-3-5-7-14/h3-7,13,15-16H,8-12H2,1-2H3,(H,18,19). The van der Waals surface area contributed by atoms with Crippen molar-refractivity contribution in [3.05, 3.63) is 35.9 Å². The molecule has 1 aliphatic carbocycles. The fourth-order valence-corrected chi connectivity index (χ4v) is 3.14. The number of nitrogens with zero attached hydrogens (tertiary/aromatic N) is 2. The molecule has 114 valence electrons. The molecule has 1 aliphatic heterocycles. The molecule has 0 amide bonds. The van der Waals surface area contributed by atoms with Crippen LogP contribution in [0.4, 0.5) is 0 Å². The van der Waals surface area contributed by atoms with Crippen LogP contribution in [0.15, 0.2) is 35.3 Å². The molecule has 0 bridgehead atoms. The van der Waals surface area contributed by atoms with Gasteiger partial charge < -0.3 is 15.0 Å². The first kappa shape index (κ1) is 14.4. The maximum atomic E-state index is 5.45. The van der Waals surface area contributed by atoms with Gasteiger partial charge in [0.2, 0.25) is 0 Å². The summed E-state index contributed by atoms with van der Waals surface area (Å²) in [4.78, 5) is 6.66. The Morgan fingerprint density at radius 2 is 2.19 bits per heavy atom. The lowest BCUT2D eigenvalue weighted by molar-refractivity contribution is 0.181. The molecule has 2 fully saturated rings. The van der Waals surface area contributed by atoms with Crippen molar-refractivity contribution in [3.8, 4) is 0 Å². The Bertz CT molecular complexity index is 482. The zero-order valence-electron chi connectivity index (χ0n) is 13.0. The number of hydrogen-bond acceptors (Lipinski definition) is 2. The third-order valence-corrected chi connectivity index (χ3v) is 4.46. The molecule has 4 nitrogen and oxygen atoms in total. The number of guanidine groups is 1. The van der Waals surface area contributed by atoms with Crippen molar-refractivity contribution >= 4 is 5.96 Å². The Morgan fingerprint density at radius 1 is 1.38 bits per heavy atom. The van der Waals surface area contributed by atoms with E-state index < -0.39 is 0 Å². The fraction of sp³-hybridized carbons (Fsp3) is 0.588. The van der Waals surface area contributed by atoms with Crippen molar-refractivity contribution in [1.29, 1.82) is 0 Å². The van der Waals surface area contributed by atoms with Gasteiger partial charge >= 0.3 is 0 Å². The van der Waals surface area contributed by atoms with Gasteiger partial charge in [-0.15, -0.1) is 0 Å². The predicted molar refractivity (Wildman–Crippen MR) is 85.6 cm³/mol. The molecule has 4 heteroatoms. The number of rotatable bonds is 4. The molecule has 2 aliphatic rings. The van der Waals surface area contributed by atoms with Gasteiger partial charge in [0.15, 0.2) is 5.96 Å². The summed E-state index contributed by atoms with van der Waals surface area (Å²) < 4.78 is 5.45. The summed E-state index contributed by atoms with van der Waals surface area (Å²) in [5.74, 6) is 2.27. The van der Waals surface area contributed by atoms with Crippen LogP contribution in [0.5, 0.6) is 0 Å². The molecule has 1 aromatic carbocycles. The smallest absolute Gasteiger partial charge is 0.193 e. The molecule has 1 N–H and O–H groups in total. The lowest BCUT2D eigenvalue weighted by Gasteiger charge is -2.24. The monoisotopic (exact) mass is 287 g/mol. The highest BCUT2D eigenvalue weighted by molar-refractivity contribution is 5.80. The first-order valence-electron chi connectivity index (χ1n) is 7.85. The van der Waals surface area contributed by atoms with Gasteiger partial charge in [-0.25, -0.2) is 0 Å². The average molecular weight is 287 g/mol. The van der Waals surface area contributed by atoms with E-state index in [0.717, 1.165) is 32.1 Å². The largest absolute Gasteiger partial charge is 0.381 e. The van der Waals surface area contributed by atoms with Crippen molar-refractivity contribution in [3.63, 3.8) is 0 Å². The van der Waals surface area contributed by atoms with Crippen LogP contribution < -0.4 is 5.32 Å². The second kappa shape index (κ2) is 6.48. The van der Waals surface area contributed by atoms with Crippen molar-refractivity contribution in [2.24, 2.45) is 10.9 Å². The third-order valence-electron chi connectivity index (χ3n) is 4.46. The quantitative estimate of drug-likeness (QED) is 0.680. The third kappa shape index (κ3) is 3.56. The van der Waals surface area contributed by atoms with E-state index in [9.17, 15) is 0 Å². The summed E-state index contributed by atoms with van der Waals surface area (Å²) >= 11 is 0. The van der Waals surface area contributed by atoms with Gasteiger partial charge in [0.1, 0.15) is 0 Å². The summed E-state index contributed by atoms with van der Waals surface area (Å²) in [6.07, 6.45) is 2.36. The van der Waals surface area contributed by atoms with E-state index in [1.165, 1.54) is 12.0 Å². The van der Waals surface area contributed by atoms with Crippen LogP contribution in [0.25, 0.3) is 0 Å². The van der Waals surface area contributed by atoms with E-state index in [1.807, 2.05) is 7.05 Å². The van der Waals surface area contributed by atoms with Crippen LogP contribution >= 0.6 is 0 Å². The molecule has 21 heavy (non-hydrogen) atoms. The van der Waals surface area contributed by atoms with Gasteiger partial charge in [-0.1, -0.05) is 30.3 Å². The van der Waals surface area contributed by atoms with Gasteiger partial charge in [0.25, 0.3) is 0 Å². The second-order valence-corrected chi connectivity index (χ2v) is 6.16. The Balaban J connectivity index is 1.51. The zero-order valence-corrected chi connectivity index (χ0v) is 13.0. The van der Waals surface area contributed by atoms with Gasteiger partial charge in [-0.05, 0) is 18.4 Å². The van der Waals surface area contributed by atoms with Gasteiger partial charge in [-0.2, -0.15) is 0 Å². The van der Waals surface area contributed by atoms with Crippen molar-refractivity contribution < 1.29 is 4.74 Å². The number of aliphatic imine (C=N–C) groups is 1. The van der Waals surface area contributed by atoms with E-state index in [2.05, 4.69) is 52.6 Å². The number of benzene rings is 1. The summed E-state index contributed by atoms with van der Waals surface area (Å²) in [5.41, 5.74) is 1.43. The molecule has 3 rings (SSSR count). The lowest BCUT2D eigenvalue weighted by Crippen LogP contribution is -2.42. The van der Waals surface area contributed by atoms with Crippen molar-refractivity contribution in [2.75, 3.05) is 33.9 Å². The Kier molecular flexibility index (Phi) is 4.44. The van der Waals surface area contributed by atoms with Crippen molar-refractivity contribution in [2.45, 2.75) is 24.8 Å². The minimum atomic E-state index is 0.522.